The molecule has 0 saturated heterocycles. The van der Waals surface area contributed by atoms with Crippen LogP contribution in [0.25, 0.3) is 0 Å². The Labute approximate surface area is 125 Å². The highest BCUT2D eigenvalue weighted by molar-refractivity contribution is 5.93. The van der Waals surface area contributed by atoms with Crippen LogP contribution in [0, 0.1) is 6.92 Å². The molecule has 4 heteroatoms. The number of aromatic nitrogens is 1. The highest BCUT2D eigenvalue weighted by Crippen LogP contribution is 2.20. The number of hydrogen-bond acceptors (Lipinski definition) is 3. The Kier molecular flexibility index (Phi) is 4.93. The maximum absolute atomic E-state index is 11.9. The average Bonchev–Trinajstić information content (AvgIpc) is 2.48. The van der Waals surface area contributed by atoms with Crippen LogP contribution >= 0.6 is 0 Å². The molecule has 2 aromatic rings. The van der Waals surface area contributed by atoms with Crippen LogP contribution in [0.1, 0.15) is 35.3 Å². The summed E-state index contributed by atoms with van der Waals surface area (Å²) in [4.78, 5) is 15.9. The number of aryl methyl sites for hydroxylation is 1. The van der Waals surface area contributed by atoms with Crippen molar-refractivity contribution in [3.8, 4) is 5.75 Å². The van der Waals surface area contributed by atoms with Crippen molar-refractivity contribution in [1.29, 1.82) is 0 Å². The standard InChI is InChI=1S/C17H20N2O2/c1-12(2)21-16-7-6-14(9-13(16)3)10-19-17(20)15-5-4-8-18-11-15/h4-9,11-12H,10H2,1-3H3,(H,19,20). The normalized spacial score (nSPS) is 10.5. The minimum absolute atomic E-state index is 0.122. The summed E-state index contributed by atoms with van der Waals surface area (Å²) >= 11 is 0. The lowest BCUT2D eigenvalue weighted by molar-refractivity contribution is 0.0950. The SMILES string of the molecule is Cc1cc(CNC(=O)c2cccnc2)ccc1OC(C)C. The van der Waals surface area contributed by atoms with Crippen molar-refractivity contribution in [2.75, 3.05) is 0 Å². The van der Waals surface area contributed by atoms with Gasteiger partial charge in [0.25, 0.3) is 5.91 Å². The molecule has 0 aliphatic rings. The Hall–Kier alpha value is -2.36. The van der Waals surface area contributed by atoms with Gasteiger partial charge in [0.1, 0.15) is 5.75 Å². The molecule has 21 heavy (non-hydrogen) atoms. The van der Waals surface area contributed by atoms with Gasteiger partial charge >= 0.3 is 0 Å². The molecule has 1 aromatic carbocycles. The Bertz CT molecular complexity index is 609. The van der Waals surface area contributed by atoms with Crippen molar-refractivity contribution in [2.24, 2.45) is 0 Å². The highest BCUT2D eigenvalue weighted by atomic mass is 16.5. The van der Waals surface area contributed by atoms with Crippen LogP contribution in [0.5, 0.6) is 5.75 Å². The topological polar surface area (TPSA) is 51.2 Å². The second-order valence-electron chi connectivity index (χ2n) is 5.19. The van der Waals surface area contributed by atoms with Crippen LogP contribution < -0.4 is 10.1 Å². The van der Waals surface area contributed by atoms with E-state index in [2.05, 4.69) is 10.3 Å². The fraction of sp³-hybridized carbons (Fsp3) is 0.294. The lowest BCUT2D eigenvalue weighted by Gasteiger charge is -2.13. The molecule has 0 bridgehead atoms. The smallest absolute Gasteiger partial charge is 0.253 e. The summed E-state index contributed by atoms with van der Waals surface area (Å²) in [6, 6.07) is 9.43. The zero-order valence-corrected chi connectivity index (χ0v) is 12.6. The first-order chi connectivity index (χ1) is 10.1. The number of carbonyl (C=O) groups is 1. The molecule has 0 unspecified atom stereocenters. The summed E-state index contributed by atoms with van der Waals surface area (Å²) in [6.45, 7) is 6.49. The van der Waals surface area contributed by atoms with Crippen LogP contribution in [-0.4, -0.2) is 17.0 Å². The second-order valence-corrected chi connectivity index (χ2v) is 5.19. The molecule has 0 saturated carbocycles. The molecule has 1 aromatic heterocycles. The van der Waals surface area contributed by atoms with E-state index in [0.29, 0.717) is 12.1 Å². The minimum Gasteiger partial charge on any atom is -0.491 e. The van der Waals surface area contributed by atoms with Crippen LogP contribution in [0.15, 0.2) is 42.7 Å². The lowest BCUT2D eigenvalue weighted by atomic mass is 10.1. The van der Waals surface area contributed by atoms with Gasteiger partial charge in [-0.25, -0.2) is 0 Å². The van der Waals surface area contributed by atoms with E-state index in [1.54, 1.807) is 24.5 Å². The number of nitrogens with zero attached hydrogens (tertiary/aromatic N) is 1. The van der Waals surface area contributed by atoms with Crippen LogP contribution in [0.2, 0.25) is 0 Å². The van der Waals surface area contributed by atoms with Crippen molar-refractivity contribution < 1.29 is 9.53 Å². The van der Waals surface area contributed by atoms with Crippen molar-refractivity contribution in [1.82, 2.24) is 10.3 Å². The van der Waals surface area contributed by atoms with Gasteiger partial charge in [-0.15, -0.1) is 0 Å². The fourth-order valence-electron chi connectivity index (χ4n) is 1.99. The number of carbonyl (C=O) groups excluding carboxylic acids is 1. The number of hydrogen-bond donors (Lipinski definition) is 1. The maximum Gasteiger partial charge on any atom is 0.253 e. The fourth-order valence-corrected chi connectivity index (χ4v) is 1.99. The van der Waals surface area contributed by atoms with Gasteiger partial charge in [-0.3, -0.25) is 9.78 Å². The van der Waals surface area contributed by atoms with E-state index < -0.39 is 0 Å². The molecule has 4 nitrogen and oxygen atoms in total. The first kappa shape index (κ1) is 15.0. The molecule has 0 atom stereocenters. The van der Waals surface area contributed by atoms with E-state index in [9.17, 15) is 4.79 Å². The monoisotopic (exact) mass is 284 g/mol. The molecule has 1 amide bonds. The number of pyridine rings is 1. The zero-order chi connectivity index (χ0) is 15.2. The Morgan fingerprint density at radius 3 is 2.76 bits per heavy atom. The van der Waals surface area contributed by atoms with E-state index in [-0.39, 0.29) is 12.0 Å². The van der Waals surface area contributed by atoms with Gasteiger partial charge in [-0.2, -0.15) is 0 Å². The van der Waals surface area contributed by atoms with Crippen LogP contribution in [0.3, 0.4) is 0 Å². The number of ether oxygens (including phenoxy) is 1. The summed E-state index contributed by atoms with van der Waals surface area (Å²) < 4.78 is 5.70. The third-order valence-electron chi connectivity index (χ3n) is 2.98. The quantitative estimate of drug-likeness (QED) is 0.918. The van der Waals surface area contributed by atoms with Gasteiger partial charge in [0.2, 0.25) is 0 Å². The first-order valence-corrected chi connectivity index (χ1v) is 7.00. The third kappa shape index (κ3) is 4.31. The summed E-state index contributed by atoms with van der Waals surface area (Å²) in [7, 11) is 0. The van der Waals surface area contributed by atoms with Gasteiger partial charge in [0, 0.05) is 18.9 Å². The number of amides is 1. The lowest BCUT2D eigenvalue weighted by Crippen LogP contribution is -2.22. The maximum atomic E-state index is 11.9. The molecular weight excluding hydrogens is 264 g/mol. The molecule has 0 aliphatic heterocycles. The number of nitrogens with one attached hydrogen (secondary N) is 1. The van der Waals surface area contributed by atoms with E-state index in [4.69, 9.17) is 4.74 Å². The number of rotatable bonds is 5. The van der Waals surface area contributed by atoms with E-state index >= 15 is 0 Å². The largest absolute Gasteiger partial charge is 0.491 e. The average molecular weight is 284 g/mol. The van der Waals surface area contributed by atoms with Crippen molar-refractivity contribution in [2.45, 2.75) is 33.4 Å². The molecule has 0 radical (unpaired) electrons. The highest BCUT2D eigenvalue weighted by Gasteiger charge is 2.06. The summed E-state index contributed by atoms with van der Waals surface area (Å²) in [6.07, 6.45) is 3.35. The summed E-state index contributed by atoms with van der Waals surface area (Å²) in [5, 5.41) is 2.88. The minimum atomic E-state index is -0.122. The first-order valence-electron chi connectivity index (χ1n) is 7.00. The third-order valence-corrected chi connectivity index (χ3v) is 2.98. The molecule has 0 fully saturated rings. The molecule has 2 rings (SSSR count). The van der Waals surface area contributed by atoms with Crippen molar-refractivity contribution in [3.63, 3.8) is 0 Å². The summed E-state index contributed by atoms with van der Waals surface area (Å²) in [5.74, 6) is 0.760. The zero-order valence-electron chi connectivity index (χ0n) is 12.6. The second kappa shape index (κ2) is 6.88. The van der Waals surface area contributed by atoms with Crippen molar-refractivity contribution in [3.05, 3.63) is 59.4 Å². The van der Waals surface area contributed by atoms with Gasteiger partial charge in [-0.05, 0) is 50.1 Å². The predicted octanol–water partition coefficient (Wildman–Crippen LogP) is 3.11. The Morgan fingerprint density at radius 2 is 2.14 bits per heavy atom. The molecule has 1 N–H and O–H groups in total. The Morgan fingerprint density at radius 1 is 1.33 bits per heavy atom. The van der Waals surface area contributed by atoms with Gasteiger partial charge < -0.3 is 10.1 Å². The van der Waals surface area contributed by atoms with Gasteiger partial charge in [0.05, 0.1) is 11.7 Å². The van der Waals surface area contributed by atoms with Gasteiger partial charge in [0.15, 0.2) is 0 Å². The number of benzene rings is 1. The van der Waals surface area contributed by atoms with E-state index in [1.165, 1.54) is 0 Å². The van der Waals surface area contributed by atoms with E-state index in [1.807, 2.05) is 39.0 Å². The van der Waals surface area contributed by atoms with E-state index in [0.717, 1.165) is 16.9 Å². The molecule has 1 heterocycles. The van der Waals surface area contributed by atoms with Crippen LogP contribution in [-0.2, 0) is 6.54 Å². The van der Waals surface area contributed by atoms with Crippen molar-refractivity contribution >= 4 is 5.91 Å². The molecule has 0 spiro atoms. The van der Waals surface area contributed by atoms with Crippen LogP contribution in [0.4, 0.5) is 0 Å². The van der Waals surface area contributed by atoms with Gasteiger partial charge in [-0.1, -0.05) is 12.1 Å². The predicted molar refractivity (Wildman–Crippen MR) is 82.4 cm³/mol. The molecule has 110 valence electrons. The molecule has 0 aliphatic carbocycles. The summed E-state index contributed by atoms with van der Waals surface area (Å²) in [5.41, 5.74) is 2.67. The Balaban J connectivity index is 1.98. The molecular formula is C17H20N2O2.